The zero-order valence-electron chi connectivity index (χ0n) is 28.7. The Bertz CT molecular complexity index is 1610. The number of thiazole rings is 1. The highest BCUT2D eigenvalue weighted by molar-refractivity contribution is 7.15. The lowest BCUT2D eigenvalue weighted by atomic mass is 9.78. The Morgan fingerprint density at radius 1 is 0.918 bits per heavy atom. The van der Waals surface area contributed by atoms with Gasteiger partial charge in [0.15, 0.2) is 0 Å². The van der Waals surface area contributed by atoms with Crippen LogP contribution in [-0.2, 0) is 9.53 Å². The van der Waals surface area contributed by atoms with Gasteiger partial charge >= 0.3 is 6.09 Å². The third kappa shape index (κ3) is 8.24. The van der Waals surface area contributed by atoms with Crippen LogP contribution in [0.2, 0.25) is 5.02 Å². The molecule has 1 aromatic carbocycles. The normalized spacial score (nSPS) is 24.8. The number of nitrogens with zero attached hydrogens (tertiary/aromatic N) is 5. The molecule has 1 aliphatic heterocycles. The first-order valence-electron chi connectivity index (χ1n) is 18.1. The van der Waals surface area contributed by atoms with Crippen LogP contribution in [0.5, 0.6) is 5.75 Å². The van der Waals surface area contributed by atoms with E-state index >= 15 is 0 Å². The number of amides is 2. The molecule has 3 aromatic rings. The van der Waals surface area contributed by atoms with Crippen LogP contribution in [0.25, 0.3) is 10.4 Å². The number of methoxy groups -OCH3 is 1. The van der Waals surface area contributed by atoms with Crippen molar-refractivity contribution in [2.75, 3.05) is 51.8 Å². The maximum Gasteiger partial charge on any atom is 0.410 e. The minimum absolute atomic E-state index is 0.119. The lowest BCUT2D eigenvalue weighted by Gasteiger charge is -2.36. The Morgan fingerprint density at radius 2 is 1.65 bits per heavy atom. The fourth-order valence-electron chi connectivity index (χ4n) is 7.68. The number of carbonyl (C=O) groups is 2. The second-order valence-electron chi connectivity index (χ2n) is 14.4. The van der Waals surface area contributed by atoms with Gasteiger partial charge in [-0.05, 0) is 118 Å². The van der Waals surface area contributed by atoms with Crippen LogP contribution in [0, 0.1) is 11.8 Å². The highest BCUT2D eigenvalue weighted by Gasteiger charge is 2.35. The minimum atomic E-state index is -0.217. The third-order valence-corrected chi connectivity index (χ3v) is 12.5. The van der Waals surface area contributed by atoms with Crippen LogP contribution in [0.1, 0.15) is 86.6 Å². The van der Waals surface area contributed by atoms with Gasteiger partial charge in [-0.15, -0.1) is 11.3 Å². The predicted molar refractivity (Wildman–Crippen MR) is 194 cm³/mol. The number of carbonyl (C=O) groups excluding carboxylic acids is 2. The summed E-state index contributed by atoms with van der Waals surface area (Å²) in [6.45, 7) is 3.78. The number of likely N-dealkylation sites (N-methyl/N-ethyl adjacent to an activating group) is 1. The Hall–Kier alpha value is -3.21. The van der Waals surface area contributed by atoms with E-state index < -0.39 is 0 Å². The fraction of sp³-hybridized carbons (Fsp3) is 0.579. The maximum atomic E-state index is 14.4. The van der Waals surface area contributed by atoms with Gasteiger partial charge in [-0.1, -0.05) is 17.7 Å². The second kappa shape index (κ2) is 15.4. The maximum absolute atomic E-state index is 14.4. The van der Waals surface area contributed by atoms with E-state index in [0.29, 0.717) is 73.8 Å². The van der Waals surface area contributed by atoms with E-state index in [2.05, 4.69) is 24.1 Å². The number of hydrogen-bond donors (Lipinski definition) is 0. The molecule has 7 rings (SSSR count). The number of benzene rings is 1. The van der Waals surface area contributed by atoms with Crippen LogP contribution in [0.4, 0.5) is 10.6 Å². The average molecular weight is 706 g/mol. The summed E-state index contributed by atoms with van der Waals surface area (Å²) in [5.41, 5.74) is 2.32. The van der Waals surface area contributed by atoms with Crippen molar-refractivity contribution in [3.8, 4) is 16.2 Å². The molecule has 1 saturated heterocycles. The molecule has 262 valence electrons. The van der Waals surface area contributed by atoms with Crippen molar-refractivity contribution >= 4 is 40.8 Å². The molecule has 2 amide bonds. The first-order chi connectivity index (χ1) is 23.8. The first-order valence-corrected chi connectivity index (χ1v) is 19.2. The molecule has 0 N–H and O–H groups in total. The highest BCUT2D eigenvalue weighted by atomic mass is 35.5. The number of pyridine rings is 1. The molecule has 4 fully saturated rings. The molecular formula is C38H48ClN5O4S. The van der Waals surface area contributed by atoms with E-state index in [9.17, 15) is 9.59 Å². The van der Waals surface area contributed by atoms with E-state index in [4.69, 9.17) is 31.0 Å². The molecular weight excluding hydrogens is 658 g/mol. The Balaban J connectivity index is 1.03. The van der Waals surface area contributed by atoms with Gasteiger partial charge in [0.2, 0.25) is 5.91 Å². The quantitative estimate of drug-likeness (QED) is 0.223. The summed E-state index contributed by atoms with van der Waals surface area (Å²) in [6, 6.07) is 10.2. The van der Waals surface area contributed by atoms with Gasteiger partial charge in [0.05, 0.1) is 22.0 Å². The smallest absolute Gasteiger partial charge is 0.410 e. The van der Waals surface area contributed by atoms with Crippen molar-refractivity contribution in [3.05, 3.63) is 58.3 Å². The van der Waals surface area contributed by atoms with Crippen LogP contribution in [-0.4, -0.2) is 84.8 Å². The number of ether oxygens (including phenoxy) is 2. The summed E-state index contributed by atoms with van der Waals surface area (Å²) in [5.74, 6) is 2.88. The molecule has 0 radical (unpaired) electrons. The topological polar surface area (TPSA) is 88.1 Å². The van der Waals surface area contributed by atoms with E-state index in [0.717, 1.165) is 55.0 Å². The van der Waals surface area contributed by atoms with Crippen molar-refractivity contribution in [3.63, 3.8) is 0 Å². The standard InChI is InChI=1S/C38H48ClN5O4S/c1-42-17-19-43(20-18-42)38(46)48-31-12-9-28(10-13-31)37(45)44(35-22-30(15-16-40-35)34-23-41-36(49-34)27-7-8-27)24-25-3-5-26(6-4-25)29-11-14-33(47-2)32(39)21-29/h11,14-16,21-23,25-28,31H,3-10,12-13,17-20,24H2,1-2H3. The molecule has 4 aliphatic rings. The van der Waals surface area contributed by atoms with E-state index in [1.807, 2.05) is 40.4 Å². The van der Waals surface area contributed by atoms with Gasteiger partial charge in [-0.25, -0.2) is 14.8 Å². The highest BCUT2D eigenvalue weighted by Crippen LogP contribution is 2.44. The predicted octanol–water partition coefficient (Wildman–Crippen LogP) is 7.99. The van der Waals surface area contributed by atoms with Gasteiger partial charge in [0.25, 0.3) is 0 Å². The molecule has 0 bridgehead atoms. The largest absolute Gasteiger partial charge is 0.495 e. The van der Waals surface area contributed by atoms with Gasteiger partial charge < -0.3 is 19.3 Å². The summed E-state index contributed by atoms with van der Waals surface area (Å²) in [4.78, 5) is 43.9. The summed E-state index contributed by atoms with van der Waals surface area (Å²) >= 11 is 8.22. The van der Waals surface area contributed by atoms with Gasteiger partial charge in [0, 0.05) is 57.0 Å². The number of piperazine rings is 1. The van der Waals surface area contributed by atoms with Crippen molar-refractivity contribution in [1.29, 1.82) is 0 Å². The van der Waals surface area contributed by atoms with Crippen LogP contribution < -0.4 is 9.64 Å². The number of halogens is 1. The summed E-state index contributed by atoms with van der Waals surface area (Å²) in [6.07, 6.45) is 12.9. The third-order valence-electron chi connectivity index (χ3n) is 11.0. The lowest BCUT2D eigenvalue weighted by Crippen LogP contribution is -2.48. The summed E-state index contributed by atoms with van der Waals surface area (Å²) < 4.78 is 11.3. The number of rotatable bonds is 9. The van der Waals surface area contributed by atoms with Crippen molar-refractivity contribution in [1.82, 2.24) is 19.8 Å². The lowest BCUT2D eigenvalue weighted by molar-refractivity contribution is -0.124. The number of aromatic nitrogens is 2. The van der Waals surface area contributed by atoms with Gasteiger partial charge in [-0.3, -0.25) is 9.69 Å². The minimum Gasteiger partial charge on any atom is -0.495 e. The zero-order chi connectivity index (χ0) is 33.9. The number of anilines is 1. The molecule has 3 saturated carbocycles. The Labute approximate surface area is 298 Å². The van der Waals surface area contributed by atoms with E-state index in [1.165, 1.54) is 23.4 Å². The zero-order valence-corrected chi connectivity index (χ0v) is 30.3. The van der Waals surface area contributed by atoms with Crippen molar-refractivity contribution in [2.45, 2.75) is 82.1 Å². The molecule has 3 aliphatic carbocycles. The van der Waals surface area contributed by atoms with Gasteiger partial charge in [-0.2, -0.15) is 0 Å². The SMILES string of the molecule is COc1ccc(C2CCC(CN(C(=O)C3CCC(OC(=O)N4CCN(C)CC4)CC3)c3cc(-c4cnc(C5CC5)s4)ccn3)CC2)cc1Cl. The Kier molecular flexibility index (Phi) is 10.7. The second-order valence-corrected chi connectivity index (χ2v) is 15.9. The number of hydrogen-bond acceptors (Lipinski definition) is 8. The fourth-order valence-corrected chi connectivity index (χ4v) is 9.03. The van der Waals surface area contributed by atoms with Crippen molar-refractivity contribution in [2.24, 2.45) is 11.8 Å². The molecule has 9 nitrogen and oxygen atoms in total. The van der Waals surface area contributed by atoms with Crippen LogP contribution >= 0.6 is 22.9 Å². The van der Waals surface area contributed by atoms with Crippen LogP contribution in [0.3, 0.4) is 0 Å². The molecule has 3 heterocycles. The van der Waals surface area contributed by atoms with Gasteiger partial charge in [0.1, 0.15) is 17.7 Å². The summed E-state index contributed by atoms with van der Waals surface area (Å²) in [7, 11) is 3.71. The Morgan fingerprint density at radius 3 is 2.35 bits per heavy atom. The van der Waals surface area contributed by atoms with Crippen LogP contribution in [0.15, 0.2) is 42.7 Å². The molecule has 2 aromatic heterocycles. The average Bonchev–Trinajstić information content (AvgIpc) is 3.86. The molecule has 0 atom stereocenters. The first kappa shape index (κ1) is 34.2. The van der Waals surface area contributed by atoms with E-state index in [-0.39, 0.29) is 24.0 Å². The summed E-state index contributed by atoms with van der Waals surface area (Å²) in [5, 5.41) is 1.86. The monoisotopic (exact) mass is 705 g/mol. The molecule has 11 heteroatoms. The molecule has 0 spiro atoms. The molecule has 0 unspecified atom stereocenters. The van der Waals surface area contributed by atoms with E-state index in [1.54, 1.807) is 18.4 Å². The molecule has 49 heavy (non-hydrogen) atoms. The van der Waals surface area contributed by atoms with Crippen molar-refractivity contribution < 1.29 is 19.1 Å².